The summed E-state index contributed by atoms with van der Waals surface area (Å²) < 4.78 is 5.58. The molecular formula is C21H30N7O4+. The predicted molar refractivity (Wildman–Crippen MR) is 117 cm³/mol. The van der Waals surface area contributed by atoms with Gasteiger partial charge in [0, 0.05) is 19.5 Å². The van der Waals surface area contributed by atoms with Crippen molar-refractivity contribution < 1.29 is 24.5 Å². The molecule has 1 aliphatic heterocycles. The van der Waals surface area contributed by atoms with Crippen molar-refractivity contribution in [2.45, 2.75) is 44.2 Å². The van der Waals surface area contributed by atoms with Gasteiger partial charge in [0.2, 0.25) is 11.7 Å². The molecule has 11 nitrogen and oxygen atoms in total. The predicted octanol–water partition coefficient (Wildman–Crippen LogP) is -0.828. The van der Waals surface area contributed by atoms with E-state index in [-0.39, 0.29) is 36.8 Å². The van der Waals surface area contributed by atoms with Crippen LogP contribution in [0.25, 0.3) is 11.1 Å². The first-order valence-electron chi connectivity index (χ1n) is 10.7. The molecule has 8 N–H and O–H groups in total. The van der Waals surface area contributed by atoms with E-state index >= 15 is 0 Å². The number of oxazole rings is 1. The summed E-state index contributed by atoms with van der Waals surface area (Å²) >= 11 is 0. The number of nitrogens with one attached hydrogen (secondary N) is 1. The minimum atomic E-state index is -0.887. The molecule has 0 saturated carbocycles. The Kier molecular flexibility index (Phi) is 7.77. The fraction of sp³-hybridized carbons (Fsp3) is 0.476. The molecule has 172 valence electrons. The van der Waals surface area contributed by atoms with Crippen LogP contribution < -0.4 is 22.5 Å². The van der Waals surface area contributed by atoms with Gasteiger partial charge in [-0.25, -0.2) is 4.98 Å². The first-order chi connectivity index (χ1) is 15.3. The van der Waals surface area contributed by atoms with Crippen LogP contribution in [0.5, 0.6) is 0 Å². The van der Waals surface area contributed by atoms with E-state index in [1.807, 2.05) is 0 Å². The van der Waals surface area contributed by atoms with E-state index in [2.05, 4.69) is 21.0 Å². The molecular weight excluding hydrogens is 414 g/mol. The number of quaternary nitrogens is 1. The highest BCUT2D eigenvalue weighted by atomic mass is 16.4. The zero-order valence-corrected chi connectivity index (χ0v) is 18.0. The Morgan fingerprint density at radius 1 is 1.31 bits per heavy atom. The molecule has 1 fully saturated rings. The summed E-state index contributed by atoms with van der Waals surface area (Å²) in [5, 5.41) is 2.74. The van der Waals surface area contributed by atoms with Crippen LogP contribution in [-0.4, -0.2) is 65.2 Å². The first-order valence-corrected chi connectivity index (χ1v) is 10.7. The summed E-state index contributed by atoms with van der Waals surface area (Å²) in [4.78, 5) is 47.9. The number of aliphatic imine (C=N–C) groups is 1. The van der Waals surface area contributed by atoms with Crippen molar-refractivity contribution in [1.82, 2.24) is 15.2 Å². The molecule has 1 aliphatic rings. The number of hydrogen-bond donors (Lipinski definition) is 4. The number of aromatic nitrogens is 1. The van der Waals surface area contributed by atoms with Gasteiger partial charge < -0.3 is 31.8 Å². The van der Waals surface area contributed by atoms with E-state index in [9.17, 15) is 14.4 Å². The number of benzene rings is 1. The number of Topliss-reactive ketones (excluding diaryl/α,β-unsaturated/α-hetero) is 1. The second-order valence-electron chi connectivity index (χ2n) is 7.87. The van der Waals surface area contributed by atoms with E-state index in [0.717, 1.165) is 12.8 Å². The third-order valence-corrected chi connectivity index (χ3v) is 5.33. The molecule has 1 aromatic heterocycles. The number of para-hydroxylation sites is 2. The molecule has 0 radical (unpaired) electrons. The molecule has 0 aliphatic carbocycles. The van der Waals surface area contributed by atoms with E-state index in [1.54, 1.807) is 24.3 Å². The number of likely N-dealkylation sites (tertiary alicyclic amines) is 1. The summed E-state index contributed by atoms with van der Waals surface area (Å²) in [6, 6.07) is 5.78. The molecule has 0 spiro atoms. The van der Waals surface area contributed by atoms with Crippen LogP contribution >= 0.6 is 0 Å². The molecule has 2 heterocycles. The van der Waals surface area contributed by atoms with Crippen LogP contribution in [0.15, 0.2) is 33.7 Å². The van der Waals surface area contributed by atoms with Crippen molar-refractivity contribution in [1.29, 1.82) is 0 Å². The van der Waals surface area contributed by atoms with Crippen LogP contribution in [0.2, 0.25) is 0 Å². The SMILES string of the molecule is NC(N)=NCCC[C@H](NC(=O)CN1CCCCC([NH3+])C1=O)C(=O)c1nc2ccccc2o1. The normalized spacial score (nSPS) is 17.6. The minimum absolute atomic E-state index is 0.0433. The van der Waals surface area contributed by atoms with Gasteiger partial charge in [0.15, 0.2) is 17.6 Å². The molecule has 1 unspecified atom stereocenters. The third kappa shape index (κ3) is 6.03. The van der Waals surface area contributed by atoms with Crippen molar-refractivity contribution in [2.75, 3.05) is 19.6 Å². The Balaban J connectivity index is 1.71. The second kappa shape index (κ2) is 10.7. The lowest BCUT2D eigenvalue weighted by molar-refractivity contribution is -0.406. The number of fused-ring (bicyclic) bond motifs is 1. The van der Waals surface area contributed by atoms with Gasteiger partial charge in [-0.3, -0.25) is 19.4 Å². The fourth-order valence-corrected chi connectivity index (χ4v) is 3.65. The summed E-state index contributed by atoms with van der Waals surface area (Å²) in [7, 11) is 0. The number of amides is 2. The van der Waals surface area contributed by atoms with Crippen molar-refractivity contribution in [3.05, 3.63) is 30.2 Å². The number of carbonyl (C=O) groups is 3. The number of guanidine groups is 1. The lowest BCUT2D eigenvalue weighted by atomic mass is 10.1. The Morgan fingerprint density at radius 2 is 2.09 bits per heavy atom. The number of nitrogens with zero attached hydrogens (tertiary/aromatic N) is 3. The number of carbonyl (C=O) groups excluding carboxylic acids is 3. The summed E-state index contributed by atoms with van der Waals surface area (Å²) in [5.41, 5.74) is 15.6. The van der Waals surface area contributed by atoms with Crippen molar-refractivity contribution in [3.8, 4) is 0 Å². The quantitative estimate of drug-likeness (QED) is 0.168. The molecule has 3 rings (SSSR count). The Hall–Kier alpha value is -3.47. The van der Waals surface area contributed by atoms with E-state index < -0.39 is 17.7 Å². The smallest absolute Gasteiger partial charge is 0.281 e. The highest BCUT2D eigenvalue weighted by Crippen LogP contribution is 2.17. The first kappa shape index (κ1) is 23.2. The van der Waals surface area contributed by atoms with Crippen LogP contribution in [-0.2, 0) is 9.59 Å². The monoisotopic (exact) mass is 444 g/mol. The number of hydrogen-bond acceptors (Lipinski definition) is 6. The number of nitrogens with two attached hydrogens (primary N) is 2. The van der Waals surface area contributed by atoms with Gasteiger partial charge in [-0.05, 0) is 37.8 Å². The van der Waals surface area contributed by atoms with Gasteiger partial charge >= 0.3 is 0 Å². The summed E-state index contributed by atoms with van der Waals surface area (Å²) in [6.45, 7) is 0.673. The zero-order valence-electron chi connectivity index (χ0n) is 18.0. The standard InChI is InChI=1S/C21H29N7O4/c22-13-6-3-4-11-28(20(13)31)12-17(29)26-15(8-5-10-25-21(23)24)18(30)19-27-14-7-1-2-9-16(14)32-19/h1-2,7,9,13,15H,3-6,8,10-12,22H2,(H,26,29)(H4,23,24,25)/p+1/t13?,15-/m0/s1. The number of rotatable bonds is 9. The van der Waals surface area contributed by atoms with Gasteiger partial charge in [0.1, 0.15) is 5.52 Å². The van der Waals surface area contributed by atoms with Crippen LogP contribution in [0.3, 0.4) is 0 Å². The van der Waals surface area contributed by atoms with Crippen molar-refractivity contribution in [3.63, 3.8) is 0 Å². The Bertz CT molecular complexity index is 966. The molecule has 0 bridgehead atoms. The Morgan fingerprint density at radius 3 is 2.84 bits per heavy atom. The van der Waals surface area contributed by atoms with E-state index in [4.69, 9.17) is 15.9 Å². The number of ketones is 1. The van der Waals surface area contributed by atoms with Crippen LogP contribution in [0, 0.1) is 0 Å². The van der Waals surface area contributed by atoms with Crippen molar-refractivity contribution >= 4 is 34.7 Å². The maximum Gasteiger partial charge on any atom is 0.281 e. The molecule has 2 atom stereocenters. The van der Waals surface area contributed by atoms with Gasteiger partial charge in [-0.2, -0.15) is 0 Å². The zero-order chi connectivity index (χ0) is 23.1. The van der Waals surface area contributed by atoms with Crippen LogP contribution in [0.1, 0.15) is 42.8 Å². The highest BCUT2D eigenvalue weighted by Gasteiger charge is 2.30. The lowest BCUT2D eigenvalue weighted by Gasteiger charge is -2.22. The molecule has 32 heavy (non-hydrogen) atoms. The second-order valence-corrected chi connectivity index (χ2v) is 7.87. The van der Waals surface area contributed by atoms with Crippen LogP contribution in [0.4, 0.5) is 0 Å². The molecule has 2 aromatic rings. The van der Waals surface area contributed by atoms with Gasteiger partial charge in [-0.1, -0.05) is 12.1 Å². The van der Waals surface area contributed by atoms with Gasteiger partial charge in [0.05, 0.1) is 12.6 Å². The van der Waals surface area contributed by atoms with E-state index in [1.165, 1.54) is 4.90 Å². The summed E-state index contributed by atoms with van der Waals surface area (Å²) in [5.74, 6) is -1.15. The average Bonchev–Trinajstić information content (AvgIpc) is 3.14. The topological polar surface area (TPSA) is 185 Å². The maximum absolute atomic E-state index is 13.1. The molecule has 1 saturated heterocycles. The molecule has 2 amide bonds. The third-order valence-electron chi connectivity index (χ3n) is 5.33. The van der Waals surface area contributed by atoms with E-state index in [0.29, 0.717) is 37.0 Å². The van der Waals surface area contributed by atoms with Crippen molar-refractivity contribution in [2.24, 2.45) is 16.5 Å². The largest absolute Gasteiger partial charge is 0.434 e. The lowest BCUT2D eigenvalue weighted by Crippen LogP contribution is -2.67. The summed E-state index contributed by atoms with van der Waals surface area (Å²) in [6.07, 6.45) is 3.15. The maximum atomic E-state index is 13.1. The van der Waals surface area contributed by atoms with Gasteiger partial charge in [-0.15, -0.1) is 0 Å². The van der Waals surface area contributed by atoms with Gasteiger partial charge in [0.25, 0.3) is 11.8 Å². The molecule has 1 aromatic carbocycles. The average molecular weight is 445 g/mol. The Labute approximate surface area is 185 Å². The molecule has 11 heteroatoms. The minimum Gasteiger partial charge on any atom is -0.434 e. The highest BCUT2D eigenvalue weighted by molar-refractivity contribution is 6.00. The fourth-order valence-electron chi connectivity index (χ4n) is 3.65.